The summed E-state index contributed by atoms with van der Waals surface area (Å²) in [4.78, 5) is 20.7. The molecule has 1 atom stereocenters. The number of pyridine rings is 1. The van der Waals surface area contributed by atoms with E-state index in [4.69, 9.17) is 0 Å². The van der Waals surface area contributed by atoms with Gasteiger partial charge in [0.1, 0.15) is 11.2 Å². The normalized spacial score (nSPS) is 17.0. The van der Waals surface area contributed by atoms with Gasteiger partial charge in [-0.3, -0.25) is 14.7 Å². The Balaban J connectivity index is 2.03. The van der Waals surface area contributed by atoms with Gasteiger partial charge in [0, 0.05) is 6.04 Å². The first-order valence-electron chi connectivity index (χ1n) is 9.01. The van der Waals surface area contributed by atoms with Crippen LogP contribution in [0.1, 0.15) is 58.2 Å². The molecule has 2 heterocycles. The fraction of sp³-hybridized carbons (Fsp3) is 0.611. The number of carbonyl (C=O) groups is 1. The summed E-state index contributed by atoms with van der Waals surface area (Å²) < 4.78 is 40.7. The molecule has 1 aliphatic rings. The zero-order valence-electron chi connectivity index (χ0n) is 15.5. The zero-order valence-corrected chi connectivity index (χ0v) is 15.5. The average Bonchev–Trinajstić information content (AvgIpc) is 2.81. The third-order valence-electron chi connectivity index (χ3n) is 5.08. The molecule has 0 radical (unpaired) electrons. The summed E-state index contributed by atoms with van der Waals surface area (Å²) in [6, 6.07) is 2.10. The first-order valence-corrected chi connectivity index (χ1v) is 9.01. The highest BCUT2D eigenvalue weighted by Crippen LogP contribution is 2.38. The SMILES string of the molecule is CCC(C(=O)Nc1nc2ccc(C(F)(F)F)nc2n1C1CCC1)C(C)(C)O. The van der Waals surface area contributed by atoms with Gasteiger partial charge in [-0.05, 0) is 51.7 Å². The van der Waals surface area contributed by atoms with Crippen LogP contribution in [0, 0.1) is 5.92 Å². The summed E-state index contributed by atoms with van der Waals surface area (Å²) in [6.07, 6.45) is -1.61. The molecule has 2 aromatic heterocycles. The van der Waals surface area contributed by atoms with Gasteiger partial charge < -0.3 is 5.11 Å². The van der Waals surface area contributed by atoms with E-state index in [0.717, 1.165) is 25.3 Å². The first kappa shape index (κ1) is 19.6. The number of halogens is 3. The number of rotatable bonds is 5. The minimum atomic E-state index is -4.56. The maximum atomic E-state index is 13.1. The van der Waals surface area contributed by atoms with Crippen molar-refractivity contribution in [3.63, 3.8) is 0 Å². The summed E-state index contributed by atoms with van der Waals surface area (Å²) in [7, 11) is 0. The van der Waals surface area contributed by atoms with Crippen molar-refractivity contribution in [3.8, 4) is 0 Å². The number of anilines is 1. The van der Waals surface area contributed by atoms with Crippen LogP contribution in [-0.2, 0) is 11.0 Å². The summed E-state index contributed by atoms with van der Waals surface area (Å²) in [6.45, 7) is 4.88. The topological polar surface area (TPSA) is 80.0 Å². The van der Waals surface area contributed by atoms with Gasteiger partial charge in [0.2, 0.25) is 11.9 Å². The van der Waals surface area contributed by atoms with Gasteiger partial charge in [-0.2, -0.15) is 13.2 Å². The number of hydrogen-bond donors (Lipinski definition) is 2. The fourth-order valence-electron chi connectivity index (χ4n) is 3.41. The Labute approximate surface area is 154 Å². The minimum absolute atomic E-state index is 0.0523. The predicted molar refractivity (Wildman–Crippen MR) is 94.1 cm³/mol. The predicted octanol–water partition coefficient (Wildman–Crippen LogP) is 3.91. The van der Waals surface area contributed by atoms with E-state index in [1.165, 1.54) is 6.07 Å². The zero-order chi connectivity index (χ0) is 20.0. The molecule has 1 saturated carbocycles. The Kier molecular flexibility index (Phi) is 4.92. The Morgan fingerprint density at radius 2 is 2.00 bits per heavy atom. The van der Waals surface area contributed by atoms with Crippen molar-refractivity contribution in [1.82, 2.24) is 14.5 Å². The third kappa shape index (κ3) is 3.78. The van der Waals surface area contributed by atoms with E-state index in [-0.39, 0.29) is 17.6 Å². The summed E-state index contributed by atoms with van der Waals surface area (Å²) in [5.41, 5.74) is -1.81. The second kappa shape index (κ2) is 6.78. The Morgan fingerprint density at radius 1 is 1.33 bits per heavy atom. The highest BCUT2D eigenvalue weighted by atomic mass is 19.4. The molecule has 148 valence electrons. The van der Waals surface area contributed by atoms with Crippen LogP contribution in [0.5, 0.6) is 0 Å². The molecular formula is C18H23F3N4O2. The van der Waals surface area contributed by atoms with Crippen LogP contribution in [0.4, 0.5) is 19.1 Å². The van der Waals surface area contributed by atoms with Crippen LogP contribution in [0.15, 0.2) is 12.1 Å². The van der Waals surface area contributed by atoms with Crippen LogP contribution in [0.2, 0.25) is 0 Å². The number of carbonyl (C=O) groups excluding carboxylic acids is 1. The molecule has 1 unspecified atom stereocenters. The van der Waals surface area contributed by atoms with Crippen molar-refractivity contribution in [3.05, 3.63) is 17.8 Å². The molecule has 0 bridgehead atoms. The Hall–Kier alpha value is -2.16. The smallest absolute Gasteiger partial charge is 0.390 e. The van der Waals surface area contributed by atoms with Crippen molar-refractivity contribution in [2.24, 2.45) is 5.92 Å². The molecule has 1 aliphatic carbocycles. The van der Waals surface area contributed by atoms with Gasteiger partial charge in [0.25, 0.3) is 0 Å². The van der Waals surface area contributed by atoms with Crippen molar-refractivity contribution in [2.45, 2.75) is 64.3 Å². The number of aliphatic hydroxyl groups is 1. The maximum Gasteiger partial charge on any atom is 0.433 e. The van der Waals surface area contributed by atoms with Crippen LogP contribution < -0.4 is 5.32 Å². The van der Waals surface area contributed by atoms with Crippen molar-refractivity contribution >= 4 is 23.0 Å². The lowest BCUT2D eigenvalue weighted by atomic mass is 9.88. The van der Waals surface area contributed by atoms with E-state index in [1.807, 2.05) is 0 Å². The van der Waals surface area contributed by atoms with Gasteiger partial charge >= 0.3 is 6.18 Å². The summed E-state index contributed by atoms with van der Waals surface area (Å²) in [5.74, 6) is -0.919. The molecule has 1 fully saturated rings. The summed E-state index contributed by atoms with van der Waals surface area (Å²) >= 11 is 0. The largest absolute Gasteiger partial charge is 0.433 e. The lowest BCUT2D eigenvalue weighted by molar-refractivity contribution is -0.141. The average molecular weight is 384 g/mol. The molecule has 3 rings (SSSR count). The van der Waals surface area contributed by atoms with E-state index in [2.05, 4.69) is 15.3 Å². The first-order chi connectivity index (χ1) is 12.5. The second-order valence-corrected chi connectivity index (χ2v) is 7.53. The summed E-state index contributed by atoms with van der Waals surface area (Å²) in [5, 5.41) is 12.9. The number of nitrogens with one attached hydrogen (secondary N) is 1. The number of aromatic nitrogens is 3. The van der Waals surface area contributed by atoms with E-state index < -0.39 is 29.3 Å². The molecule has 0 saturated heterocycles. The van der Waals surface area contributed by atoms with Crippen LogP contribution in [0.25, 0.3) is 11.2 Å². The third-order valence-corrected chi connectivity index (χ3v) is 5.08. The van der Waals surface area contributed by atoms with Gasteiger partial charge in [0.05, 0.1) is 11.5 Å². The molecule has 0 spiro atoms. The standard InChI is InChI=1S/C18H23F3N4O2/c1-4-11(17(2,3)27)15(26)24-16-22-12-8-9-13(18(19,20)21)23-14(12)25(16)10-6-5-7-10/h8-11,27H,4-7H2,1-3H3,(H,22,24,26). The van der Waals surface area contributed by atoms with Gasteiger partial charge in [-0.25, -0.2) is 9.97 Å². The molecule has 6 nitrogen and oxygen atoms in total. The number of hydrogen-bond acceptors (Lipinski definition) is 4. The maximum absolute atomic E-state index is 13.1. The Morgan fingerprint density at radius 3 is 2.48 bits per heavy atom. The van der Waals surface area contributed by atoms with E-state index in [1.54, 1.807) is 25.3 Å². The lowest BCUT2D eigenvalue weighted by Crippen LogP contribution is -2.40. The molecule has 27 heavy (non-hydrogen) atoms. The van der Waals surface area contributed by atoms with Gasteiger partial charge in [-0.1, -0.05) is 6.92 Å². The van der Waals surface area contributed by atoms with Crippen molar-refractivity contribution < 1.29 is 23.1 Å². The van der Waals surface area contributed by atoms with Crippen LogP contribution >= 0.6 is 0 Å². The lowest BCUT2D eigenvalue weighted by Gasteiger charge is -2.30. The molecular weight excluding hydrogens is 361 g/mol. The highest BCUT2D eigenvalue weighted by Gasteiger charge is 2.36. The number of amides is 1. The number of fused-ring (bicyclic) bond motifs is 1. The van der Waals surface area contributed by atoms with Crippen molar-refractivity contribution in [2.75, 3.05) is 5.32 Å². The van der Waals surface area contributed by atoms with E-state index in [0.29, 0.717) is 11.9 Å². The molecule has 1 amide bonds. The van der Waals surface area contributed by atoms with Gasteiger partial charge in [-0.15, -0.1) is 0 Å². The van der Waals surface area contributed by atoms with Crippen LogP contribution in [-0.4, -0.2) is 31.1 Å². The second-order valence-electron chi connectivity index (χ2n) is 7.53. The molecule has 0 aliphatic heterocycles. The quantitative estimate of drug-likeness (QED) is 0.819. The minimum Gasteiger partial charge on any atom is -0.390 e. The molecule has 2 N–H and O–H groups in total. The fourth-order valence-corrected chi connectivity index (χ4v) is 3.41. The molecule has 2 aromatic rings. The highest BCUT2D eigenvalue weighted by molar-refractivity contribution is 5.93. The van der Waals surface area contributed by atoms with E-state index >= 15 is 0 Å². The Bertz CT molecular complexity index is 851. The number of alkyl halides is 3. The number of nitrogens with zero attached hydrogens (tertiary/aromatic N) is 3. The van der Waals surface area contributed by atoms with Gasteiger partial charge in [0.15, 0.2) is 5.65 Å². The molecule has 9 heteroatoms. The monoisotopic (exact) mass is 384 g/mol. The molecule has 0 aromatic carbocycles. The van der Waals surface area contributed by atoms with Crippen LogP contribution in [0.3, 0.4) is 0 Å². The van der Waals surface area contributed by atoms with Crippen molar-refractivity contribution in [1.29, 1.82) is 0 Å². The number of imidazole rings is 1. The van der Waals surface area contributed by atoms with E-state index in [9.17, 15) is 23.1 Å².